The van der Waals surface area contributed by atoms with Crippen molar-refractivity contribution in [3.8, 4) is 0 Å². The first-order valence-electron chi connectivity index (χ1n) is 7.88. The van der Waals surface area contributed by atoms with Crippen LogP contribution in [0.25, 0.3) is 0 Å². The summed E-state index contributed by atoms with van der Waals surface area (Å²) in [6, 6.07) is 7.95. The van der Waals surface area contributed by atoms with Crippen LogP contribution < -0.4 is 5.32 Å². The van der Waals surface area contributed by atoms with E-state index in [1.54, 1.807) is 0 Å². The van der Waals surface area contributed by atoms with Crippen LogP contribution in [0.5, 0.6) is 0 Å². The Morgan fingerprint density at radius 3 is 2.67 bits per heavy atom. The molecule has 130 valence electrons. The van der Waals surface area contributed by atoms with Crippen molar-refractivity contribution >= 4 is 18.0 Å². The molecule has 0 radical (unpaired) electrons. The second kappa shape index (κ2) is 8.33. The summed E-state index contributed by atoms with van der Waals surface area (Å²) in [4.78, 5) is 37.3. The molecule has 0 aliphatic carbocycles. The van der Waals surface area contributed by atoms with Gasteiger partial charge in [0.15, 0.2) is 0 Å². The SMILES string of the molecule is COC(=O)[C@H](C)NC(=O)C1CCCN1C(=O)OCc1ccccc1. The van der Waals surface area contributed by atoms with E-state index >= 15 is 0 Å². The number of hydrogen-bond acceptors (Lipinski definition) is 5. The maximum Gasteiger partial charge on any atom is 0.410 e. The molecule has 0 aromatic heterocycles. The fourth-order valence-corrected chi connectivity index (χ4v) is 2.61. The summed E-state index contributed by atoms with van der Waals surface area (Å²) in [6.45, 7) is 2.15. The minimum atomic E-state index is -0.759. The van der Waals surface area contributed by atoms with Crippen LogP contribution >= 0.6 is 0 Å². The maximum absolute atomic E-state index is 12.3. The summed E-state index contributed by atoms with van der Waals surface area (Å²) in [6.07, 6.45) is 0.730. The second-order valence-electron chi connectivity index (χ2n) is 5.65. The van der Waals surface area contributed by atoms with Gasteiger partial charge in [0.05, 0.1) is 7.11 Å². The number of hydrogen-bond donors (Lipinski definition) is 1. The van der Waals surface area contributed by atoms with Crippen molar-refractivity contribution < 1.29 is 23.9 Å². The Morgan fingerprint density at radius 2 is 2.00 bits per heavy atom. The lowest BCUT2D eigenvalue weighted by molar-refractivity contribution is -0.145. The summed E-state index contributed by atoms with van der Waals surface area (Å²) >= 11 is 0. The van der Waals surface area contributed by atoms with E-state index in [-0.39, 0.29) is 12.5 Å². The van der Waals surface area contributed by atoms with E-state index < -0.39 is 24.1 Å². The standard InChI is InChI=1S/C17H22N2O5/c1-12(16(21)23-2)18-15(20)14-9-6-10-19(14)17(22)24-11-13-7-4-3-5-8-13/h3-5,7-8,12,14H,6,9-11H2,1-2H3,(H,18,20)/t12-,14?/m0/s1. The molecule has 2 atom stereocenters. The van der Waals surface area contributed by atoms with Crippen molar-refractivity contribution in [1.29, 1.82) is 0 Å². The number of rotatable bonds is 5. The van der Waals surface area contributed by atoms with Gasteiger partial charge in [0, 0.05) is 6.54 Å². The minimum absolute atomic E-state index is 0.156. The van der Waals surface area contributed by atoms with E-state index in [2.05, 4.69) is 10.1 Å². The summed E-state index contributed by atoms with van der Waals surface area (Å²) < 4.78 is 9.86. The third kappa shape index (κ3) is 4.47. The quantitative estimate of drug-likeness (QED) is 0.824. The molecule has 1 heterocycles. The van der Waals surface area contributed by atoms with Gasteiger partial charge in [0.2, 0.25) is 5.91 Å². The molecule has 0 bridgehead atoms. The first-order valence-corrected chi connectivity index (χ1v) is 7.88. The molecule has 1 aromatic carbocycles. The number of carbonyl (C=O) groups is 3. The zero-order valence-corrected chi connectivity index (χ0v) is 13.9. The highest BCUT2D eigenvalue weighted by molar-refractivity contribution is 5.89. The van der Waals surface area contributed by atoms with Crippen LogP contribution in [0.1, 0.15) is 25.3 Å². The summed E-state index contributed by atoms with van der Waals surface area (Å²) in [5.74, 6) is -0.901. The third-order valence-corrected chi connectivity index (χ3v) is 3.91. The molecule has 1 saturated heterocycles. The lowest BCUT2D eigenvalue weighted by Crippen LogP contribution is -2.50. The fourth-order valence-electron chi connectivity index (χ4n) is 2.61. The van der Waals surface area contributed by atoms with Gasteiger partial charge in [0.25, 0.3) is 0 Å². The van der Waals surface area contributed by atoms with Gasteiger partial charge in [-0.05, 0) is 25.3 Å². The molecular weight excluding hydrogens is 312 g/mol. The summed E-state index contributed by atoms with van der Waals surface area (Å²) in [5, 5.41) is 2.57. The number of esters is 1. The van der Waals surface area contributed by atoms with Crippen LogP contribution in [-0.4, -0.2) is 48.6 Å². The lowest BCUT2D eigenvalue weighted by atomic mass is 10.2. The van der Waals surface area contributed by atoms with Crippen molar-refractivity contribution in [1.82, 2.24) is 10.2 Å². The first kappa shape index (κ1) is 17.8. The Bertz CT molecular complexity index is 590. The summed E-state index contributed by atoms with van der Waals surface area (Å²) in [7, 11) is 1.26. The Kier molecular flexibility index (Phi) is 6.17. The van der Waals surface area contributed by atoms with Crippen molar-refractivity contribution in [3.05, 3.63) is 35.9 Å². The Balaban J connectivity index is 1.90. The fraction of sp³-hybridized carbons (Fsp3) is 0.471. The monoisotopic (exact) mass is 334 g/mol. The van der Waals surface area contributed by atoms with Crippen LogP contribution in [0.3, 0.4) is 0 Å². The number of nitrogens with zero attached hydrogens (tertiary/aromatic N) is 1. The van der Waals surface area contributed by atoms with Crippen LogP contribution in [0.4, 0.5) is 4.79 Å². The zero-order chi connectivity index (χ0) is 17.5. The number of nitrogens with one attached hydrogen (secondary N) is 1. The van der Waals surface area contributed by atoms with E-state index in [0.29, 0.717) is 19.4 Å². The molecule has 1 fully saturated rings. The van der Waals surface area contributed by atoms with Crippen LogP contribution in [0, 0.1) is 0 Å². The van der Waals surface area contributed by atoms with E-state index in [4.69, 9.17) is 4.74 Å². The van der Waals surface area contributed by atoms with Crippen LogP contribution in [0.15, 0.2) is 30.3 Å². The molecule has 1 unspecified atom stereocenters. The van der Waals surface area contributed by atoms with Crippen molar-refractivity contribution in [2.45, 2.75) is 38.5 Å². The molecule has 24 heavy (non-hydrogen) atoms. The number of methoxy groups -OCH3 is 1. The number of benzene rings is 1. The van der Waals surface area contributed by atoms with E-state index in [1.165, 1.54) is 18.9 Å². The third-order valence-electron chi connectivity index (χ3n) is 3.91. The zero-order valence-electron chi connectivity index (χ0n) is 13.9. The van der Waals surface area contributed by atoms with Gasteiger partial charge < -0.3 is 14.8 Å². The molecule has 0 spiro atoms. The summed E-state index contributed by atoms with van der Waals surface area (Å²) in [5.41, 5.74) is 0.880. The molecule has 1 N–H and O–H groups in total. The van der Waals surface area contributed by atoms with Gasteiger partial charge >= 0.3 is 12.1 Å². The number of ether oxygens (including phenoxy) is 2. The van der Waals surface area contributed by atoms with E-state index in [0.717, 1.165) is 5.56 Å². The highest BCUT2D eigenvalue weighted by atomic mass is 16.6. The molecule has 2 amide bonds. The first-order chi connectivity index (χ1) is 11.5. The number of carbonyl (C=O) groups excluding carboxylic acids is 3. The van der Waals surface area contributed by atoms with Crippen molar-refractivity contribution in [3.63, 3.8) is 0 Å². The smallest absolute Gasteiger partial charge is 0.410 e. The lowest BCUT2D eigenvalue weighted by Gasteiger charge is -2.24. The molecule has 1 aliphatic heterocycles. The van der Waals surface area contributed by atoms with Gasteiger partial charge in [-0.25, -0.2) is 9.59 Å². The van der Waals surface area contributed by atoms with Crippen molar-refractivity contribution in [2.75, 3.05) is 13.7 Å². The predicted octanol–water partition coefficient (Wildman–Crippen LogP) is 1.47. The van der Waals surface area contributed by atoms with Gasteiger partial charge in [0.1, 0.15) is 18.7 Å². The molecular formula is C17H22N2O5. The molecule has 2 rings (SSSR count). The van der Waals surface area contributed by atoms with Gasteiger partial charge in [-0.1, -0.05) is 30.3 Å². The molecule has 7 nitrogen and oxygen atoms in total. The largest absolute Gasteiger partial charge is 0.467 e. The molecule has 7 heteroatoms. The second-order valence-corrected chi connectivity index (χ2v) is 5.65. The number of likely N-dealkylation sites (tertiary alicyclic amines) is 1. The highest BCUT2D eigenvalue weighted by Gasteiger charge is 2.36. The average molecular weight is 334 g/mol. The Morgan fingerprint density at radius 1 is 1.29 bits per heavy atom. The molecule has 1 aliphatic rings. The van der Waals surface area contributed by atoms with E-state index in [9.17, 15) is 14.4 Å². The number of amides is 2. The van der Waals surface area contributed by atoms with E-state index in [1.807, 2.05) is 30.3 Å². The Hall–Kier alpha value is -2.57. The van der Waals surface area contributed by atoms with Crippen LogP contribution in [0.2, 0.25) is 0 Å². The van der Waals surface area contributed by atoms with Gasteiger partial charge in [-0.3, -0.25) is 9.69 Å². The van der Waals surface area contributed by atoms with Gasteiger partial charge in [-0.2, -0.15) is 0 Å². The normalized spacial score (nSPS) is 17.9. The minimum Gasteiger partial charge on any atom is -0.467 e. The van der Waals surface area contributed by atoms with Crippen molar-refractivity contribution in [2.24, 2.45) is 0 Å². The average Bonchev–Trinajstić information content (AvgIpc) is 3.09. The topological polar surface area (TPSA) is 84.9 Å². The Labute approximate surface area is 140 Å². The molecule has 0 saturated carbocycles. The maximum atomic E-state index is 12.3. The van der Waals surface area contributed by atoms with Gasteiger partial charge in [-0.15, -0.1) is 0 Å². The molecule has 1 aromatic rings. The highest BCUT2D eigenvalue weighted by Crippen LogP contribution is 2.19. The predicted molar refractivity (Wildman–Crippen MR) is 86.0 cm³/mol. The van der Waals surface area contributed by atoms with Crippen LogP contribution in [-0.2, 0) is 25.7 Å².